The van der Waals surface area contributed by atoms with E-state index in [1.165, 1.54) is 11.8 Å². The molecule has 3 aromatic rings. The molecule has 118 valence electrons. The summed E-state index contributed by atoms with van der Waals surface area (Å²) in [5, 5.41) is 15.0. The molecule has 2 aromatic heterocycles. The fourth-order valence-corrected chi connectivity index (χ4v) is 3.61. The topological polar surface area (TPSA) is 62.2 Å². The number of aromatic nitrogens is 1. The summed E-state index contributed by atoms with van der Waals surface area (Å²) in [6.07, 6.45) is 2.77. The van der Waals surface area contributed by atoms with Gasteiger partial charge in [-0.25, -0.2) is 4.98 Å². The van der Waals surface area contributed by atoms with Crippen LogP contribution in [0.15, 0.2) is 53.7 Å². The highest BCUT2D eigenvalue weighted by atomic mass is 32.2. The second kappa shape index (κ2) is 7.12. The number of hydrogen-bond acceptors (Lipinski definition) is 5. The van der Waals surface area contributed by atoms with Crippen LogP contribution in [-0.2, 0) is 0 Å². The average Bonchev–Trinajstić information content (AvgIpc) is 3.03. The van der Waals surface area contributed by atoms with Gasteiger partial charge in [0.15, 0.2) is 0 Å². The molecule has 3 rings (SSSR count). The number of pyridine rings is 1. The Morgan fingerprint density at radius 3 is 2.87 bits per heavy atom. The molecular weight excluding hydrogens is 328 g/mol. The van der Waals surface area contributed by atoms with Crippen LogP contribution >= 0.6 is 23.1 Å². The van der Waals surface area contributed by atoms with E-state index in [0.717, 1.165) is 20.0 Å². The summed E-state index contributed by atoms with van der Waals surface area (Å²) in [5.41, 5.74) is 0.492. The van der Waals surface area contributed by atoms with Gasteiger partial charge in [-0.1, -0.05) is 18.2 Å². The van der Waals surface area contributed by atoms with E-state index >= 15 is 0 Å². The first-order valence-electron chi connectivity index (χ1n) is 7.12. The molecule has 0 saturated carbocycles. The molecule has 0 saturated heterocycles. The number of amides is 1. The first-order valence-corrected chi connectivity index (χ1v) is 9.16. The van der Waals surface area contributed by atoms with Crippen LogP contribution in [0.1, 0.15) is 21.3 Å². The van der Waals surface area contributed by atoms with Gasteiger partial charge in [0.2, 0.25) is 0 Å². The van der Waals surface area contributed by atoms with Crippen molar-refractivity contribution in [1.29, 1.82) is 0 Å². The SMILES string of the molecule is CSc1ccc(C(=O)NCC(O)c2cc3ccccc3s2)cn1. The number of rotatable bonds is 5. The van der Waals surface area contributed by atoms with Crippen LogP contribution in [0, 0.1) is 0 Å². The molecule has 0 radical (unpaired) electrons. The third-order valence-corrected chi connectivity index (χ3v) is 5.31. The zero-order chi connectivity index (χ0) is 16.2. The standard InChI is InChI=1S/C17H16N2O2S2/c1-22-16-7-6-12(9-18-16)17(21)19-10-13(20)15-8-11-4-2-3-5-14(11)23-15/h2-9,13,20H,10H2,1H3,(H,19,21). The molecule has 2 heterocycles. The van der Waals surface area contributed by atoms with Crippen LogP contribution in [0.5, 0.6) is 0 Å². The van der Waals surface area contributed by atoms with E-state index in [9.17, 15) is 9.90 Å². The molecule has 1 unspecified atom stereocenters. The Hall–Kier alpha value is -1.89. The zero-order valence-corrected chi connectivity index (χ0v) is 14.2. The molecule has 1 aromatic carbocycles. The summed E-state index contributed by atoms with van der Waals surface area (Å²) in [5.74, 6) is -0.231. The van der Waals surface area contributed by atoms with Crippen LogP contribution in [0.3, 0.4) is 0 Å². The van der Waals surface area contributed by atoms with Gasteiger partial charge in [0.1, 0.15) is 6.10 Å². The number of aliphatic hydroxyl groups is 1. The van der Waals surface area contributed by atoms with Gasteiger partial charge in [0.25, 0.3) is 5.91 Å². The maximum atomic E-state index is 12.1. The van der Waals surface area contributed by atoms with Crippen molar-refractivity contribution in [1.82, 2.24) is 10.3 Å². The summed E-state index contributed by atoms with van der Waals surface area (Å²) in [4.78, 5) is 17.1. The van der Waals surface area contributed by atoms with Crippen LogP contribution in [0.2, 0.25) is 0 Å². The van der Waals surface area contributed by atoms with Crippen molar-refractivity contribution < 1.29 is 9.90 Å². The molecule has 6 heteroatoms. The van der Waals surface area contributed by atoms with Crippen LogP contribution in [0.4, 0.5) is 0 Å². The van der Waals surface area contributed by atoms with E-state index in [1.54, 1.807) is 23.6 Å². The Labute approximate surface area is 142 Å². The van der Waals surface area contributed by atoms with E-state index in [0.29, 0.717) is 5.56 Å². The summed E-state index contributed by atoms with van der Waals surface area (Å²) >= 11 is 3.07. The average molecular weight is 344 g/mol. The molecule has 0 aliphatic rings. The number of carbonyl (C=O) groups is 1. The molecule has 23 heavy (non-hydrogen) atoms. The number of nitrogens with one attached hydrogen (secondary N) is 1. The van der Waals surface area contributed by atoms with E-state index in [4.69, 9.17) is 0 Å². The molecule has 0 bridgehead atoms. The number of hydrogen-bond donors (Lipinski definition) is 2. The van der Waals surface area contributed by atoms with Gasteiger partial charge in [0.05, 0.1) is 10.6 Å². The van der Waals surface area contributed by atoms with Gasteiger partial charge in [-0.15, -0.1) is 23.1 Å². The number of thioether (sulfide) groups is 1. The monoisotopic (exact) mass is 344 g/mol. The van der Waals surface area contributed by atoms with Crippen molar-refractivity contribution in [2.24, 2.45) is 0 Å². The Morgan fingerprint density at radius 1 is 1.35 bits per heavy atom. The molecule has 0 fully saturated rings. The number of carbonyl (C=O) groups excluding carboxylic acids is 1. The molecule has 1 atom stereocenters. The second-order valence-corrected chi connectivity index (χ2v) is 6.94. The Bertz CT molecular complexity index is 782. The highest BCUT2D eigenvalue weighted by Crippen LogP contribution is 2.29. The largest absolute Gasteiger partial charge is 0.386 e. The fourth-order valence-electron chi connectivity index (χ4n) is 2.19. The molecule has 0 aliphatic carbocycles. The lowest BCUT2D eigenvalue weighted by molar-refractivity contribution is 0.0917. The van der Waals surface area contributed by atoms with Gasteiger partial charge in [0, 0.05) is 22.3 Å². The number of fused-ring (bicyclic) bond motifs is 1. The van der Waals surface area contributed by atoms with Gasteiger partial charge in [-0.2, -0.15) is 0 Å². The highest BCUT2D eigenvalue weighted by Gasteiger charge is 2.13. The van der Waals surface area contributed by atoms with E-state index in [2.05, 4.69) is 10.3 Å². The molecule has 1 amide bonds. The molecular formula is C17H16N2O2S2. The minimum absolute atomic E-state index is 0.177. The van der Waals surface area contributed by atoms with Crippen molar-refractivity contribution in [3.8, 4) is 0 Å². The van der Waals surface area contributed by atoms with E-state index < -0.39 is 6.10 Å². The normalized spacial score (nSPS) is 12.3. The lowest BCUT2D eigenvalue weighted by atomic mass is 10.2. The third kappa shape index (κ3) is 3.72. The van der Waals surface area contributed by atoms with E-state index in [-0.39, 0.29) is 12.5 Å². The van der Waals surface area contributed by atoms with Crippen LogP contribution in [0.25, 0.3) is 10.1 Å². The van der Waals surface area contributed by atoms with Crippen LogP contribution < -0.4 is 5.32 Å². The zero-order valence-electron chi connectivity index (χ0n) is 12.5. The Morgan fingerprint density at radius 2 is 2.17 bits per heavy atom. The fraction of sp³-hybridized carbons (Fsp3) is 0.176. The predicted molar refractivity (Wildman–Crippen MR) is 95.1 cm³/mol. The highest BCUT2D eigenvalue weighted by molar-refractivity contribution is 7.98. The lowest BCUT2D eigenvalue weighted by Crippen LogP contribution is -2.28. The summed E-state index contributed by atoms with van der Waals surface area (Å²) < 4.78 is 1.13. The van der Waals surface area contributed by atoms with Gasteiger partial charge < -0.3 is 10.4 Å². The minimum atomic E-state index is -0.713. The maximum Gasteiger partial charge on any atom is 0.252 e. The lowest BCUT2D eigenvalue weighted by Gasteiger charge is -2.10. The number of nitrogens with zero attached hydrogens (tertiary/aromatic N) is 1. The quantitative estimate of drug-likeness (QED) is 0.696. The molecule has 0 aliphatic heterocycles. The van der Waals surface area contributed by atoms with Gasteiger partial charge in [-0.3, -0.25) is 4.79 Å². The van der Waals surface area contributed by atoms with Gasteiger partial charge >= 0.3 is 0 Å². The second-order valence-electron chi connectivity index (χ2n) is 5.00. The summed E-state index contributed by atoms with van der Waals surface area (Å²) in [6, 6.07) is 13.5. The van der Waals surface area contributed by atoms with E-state index in [1.807, 2.05) is 42.7 Å². The van der Waals surface area contributed by atoms with Crippen LogP contribution in [-0.4, -0.2) is 28.8 Å². The van der Waals surface area contributed by atoms with Gasteiger partial charge in [-0.05, 0) is 35.9 Å². The summed E-state index contributed by atoms with van der Waals surface area (Å²) in [7, 11) is 0. The molecule has 0 spiro atoms. The minimum Gasteiger partial charge on any atom is -0.386 e. The maximum absolute atomic E-state index is 12.1. The van der Waals surface area contributed by atoms with Crippen molar-refractivity contribution in [3.63, 3.8) is 0 Å². The van der Waals surface area contributed by atoms with Crippen molar-refractivity contribution in [2.45, 2.75) is 11.1 Å². The first-order chi connectivity index (χ1) is 11.2. The number of benzene rings is 1. The van der Waals surface area contributed by atoms with Crippen molar-refractivity contribution in [3.05, 3.63) is 59.1 Å². The van der Waals surface area contributed by atoms with Crippen molar-refractivity contribution >= 4 is 39.1 Å². The molecule has 4 nitrogen and oxygen atoms in total. The Kier molecular flexibility index (Phi) is 4.95. The Balaban J connectivity index is 1.63. The molecule has 2 N–H and O–H groups in total. The smallest absolute Gasteiger partial charge is 0.252 e. The van der Waals surface area contributed by atoms with Crippen molar-refractivity contribution in [2.75, 3.05) is 12.8 Å². The third-order valence-electron chi connectivity index (χ3n) is 3.44. The first kappa shape index (κ1) is 16.0. The number of aliphatic hydroxyl groups excluding tert-OH is 1. The summed E-state index contributed by atoms with van der Waals surface area (Å²) in [6.45, 7) is 0.177. The number of thiophene rings is 1. The predicted octanol–water partition coefficient (Wildman–Crippen LogP) is 3.48.